The summed E-state index contributed by atoms with van der Waals surface area (Å²) in [7, 11) is 0. The van der Waals surface area contributed by atoms with E-state index < -0.39 is 11.7 Å². The molecule has 1 aromatic rings. The molecule has 0 unspecified atom stereocenters. The maximum atomic E-state index is 12.8. The van der Waals surface area contributed by atoms with Crippen LogP contribution in [0.1, 0.15) is 15.9 Å². The van der Waals surface area contributed by atoms with Gasteiger partial charge in [0.25, 0.3) is 5.91 Å². The summed E-state index contributed by atoms with van der Waals surface area (Å²) in [5, 5.41) is 0. The molecule has 0 fully saturated rings. The monoisotopic (exact) mass is 168 g/mol. The lowest BCUT2D eigenvalue weighted by atomic mass is 10.1. The van der Waals surface area contributed by atoms with Crippen LogP contribution in [-0.4, -0.2) is 5.91 Å². The molecule has 0 atom stereocenters. The fourth-order valence-corrected chi connectivity index (χ4v) is 1.03. The molecule has 0 aliphatic heterocycles. The van der Waals surface area contributed by atoms with Gasteiger partial charge in [-0.05, 0) is 18.6 Å². The van der Waals surface area contributed by atoms with Gasteiger partial charge in [0, 0.05) is 0 Å². The molecule has 0 saturated heterocycles. The minimum absolute atomic E-state index is 0.0648. The first-order chi connectivity index (χ1) is 5.54. The smallest absolute Gasteiger partial charge is 0.251 e. The van der Waals surface area contributed by atoms with E-state index >= 15 is 0 Å². The average Bonchev–Trinajstić information content (AvgIpc) is 1.97. The highest BCUT2D eigenvalue weighted by atomic mass is 19.1. The molecule has 4 heteroatoms. The van der Waals surface area contributed by atoms with Gasteiger partial charge in [-0.1, -0.05) is 6.07 Å². The zero-order valence-corrected chi connectivity index (χ0v) is 6.60. The van der Waals surface area contributed by atoms with Crippen LogP contribution in [-0.2, 0) is 0 Å². The third kappa shape index (κ3) is 1.23. The highest BCUT2D eigenvalue weighted by Gasteiger charge is 2.12. The summed E-state index contributed by atoms with van der Waals surface area (Å²) in [5.74, 6) is -1.32. The second-order valence-corrected chi connectivity index (χ2v) is 2.52. The third-order valence-corrected chi connectivity index (χ3v) is 1.65. The first-order valence-corrected chi connectivity index (χ1v) is 3.38. The molecule has 0 radical (unpaired) electrons. The van der Waals surface area contributed by atoms with Crippen molar-refractivity contribution in [3.05, 3.63) is 29.1 Å². The van der Waals surface area contributed by atoms with E-state index in [2.05, 4.69) is 0 Å². The predicted octanol–water partition coefficient (Wildman–Crippen LogP) is 0.815. The Morgan fingerprint density at radius 2 is 2.08 bits per heavy atom. The zero-order valence-electron chi connectivity index (χ0n) is 6.60. The van der Waals surface area contributed by atoms with E-state index in [1.807, 2.05) is 0 Å². The summed E-state index contributed by atoms with van der Waals surface area (Å²) < 4.78 is 12.8. The van der Waals surface area contributed by atoms with Crippen molar-refractivity contribution >= 4 is 11.6 Å². The summed E-state index contributed by atoms with van der Waals surface area (Å²) in [6.07, 6.45) is 0. The van der Waals surface area contributed by atoms with E-state index in [1.54, 1.807) is 6.92 Å². The van der Waals surface area contributed by atoms with E-state index in [0.29, 0.717) is 5.56 Å². The molecule has 12 heavy (non-hydrogen) atoms. The second-order valence-electron chi connectivity index (χ2n) is 2.52. The first-order valence-electron chi connectivity index (χ1n) is 3.38. The van der Waals surface area contributed by atoms with Gasteiger partial charge in [0.05, 0.1) is 11.3 Å². The lowest BCUT2D eigenvalue weighted by Crippen LogP contribution is -2.16. The number of aryl methyl sites for hydroxylation is 1. The van der Waals surface area contributed by atoms with Gasteiger partial charge in [0.1, 0.15) is 5.82 Å². The maximum absolute atomic E-state index is 12.8. The molecule has 0 spiro atoms. The number of nitrogens with two attached hydrogens (primary N) is 2. The molecule has 64 valence electrons. The minimum Gasteiger partial charge on any atom is -0.396 e. The van der Waals surface area contributed by atoms with Crippen molar-refractivity contribution in [1.82, 2.24) is 0 Å². The van der Waals surface area contributed by atoms with Crippen LogP contribution in [0.2, 0.25) is 0 Å². The molecule has 1 rings (SSSR count). The Hall–Kier alpha value is -1.58. The van der Waals surface area contributed by atoms with Crippen molar-refractivity contribution in [1.29, 1.82) is 0 Å². The molecule has 3 nitrogen and oxygen atoms in total. The molecule has 1 amide bonds. The average molecular weight is 168 g/mol. The molecule has 0 aliphatic rings. The number of primary amides is 1. The Kier molecular flexibility index (Phi) is 1.99. The van der Waals surface area contributed by atoms with Crippen molar-refractivity contribution in [2.24, 2.45) is 5.73 Å². The minimum atomic E-state index is -0.704. The Morgan fingerprint density at radius 1 is 1.50 bits per heavy atom. The number of hydrogen-bond donors (Lipinski definition) is 2. The van der Waals surface area contributed by atoms with Crippen molar-refractivity contribution in [2.75, 3.05) is 5.73 Å². The van der Waals surface area contributed by atoms with Crippen LogP contribution in [0.5, 0.6) is 0 Å². The van der Waals surface area contributed by atoms with Crippen LogP contribution in [0.4, 0.5) is 10.1 Å². The van der Waals surface area contributed by atoms with E-state index in [4.69, 9.17) is 11.5 Å². The van der Waals surface area contributed by atoms with E-state index in [1.165, 1.54) is 12.1 Å². The molecule has 0 saturated carbocycles. The number of hydrogen-bond acceptors (Lipinski definition) is 2. The lowest BCUT2D eigenvalue weighted by molar-refractivity contribution is 0.1000. The Bertz CT molecular complexity index is 336. The van der Waals surface area contributed by atoms with Gasteiger partial charge in [0.2, 0.25) is 0 Å². The van der Waals surface area contributed by atoms with Crippen LogP contribution < -0.4 is 11.5 Å². The van der Waals surface area contributed by atoms with Gasteiger partial charge in [-0.3, -0.25) is 4.79 Å². The predicted molar refractivity (Wildman–Crippen MR) is 44.1 cm³/mol. The number of carbonyl (C=O) groups excluding carboxylic acids is 1. The standard InChI is InChI=1S/C8H9FN2O/c1-4-2-3-5(9)7(10)6(4)8(11)12/h2-3H,10H2,1H3,(H2,11,12). The third-order valence-electron chi connectivity index (χ3n) is 1.65. The largest absolute Gasteiger partial charge is 0.396 e. The number of benzene rings is 1. The summed E-state index contributed by atoms with van der Waals surface area (Å²) in [6.45, 7) is 1.65. The molecular weight excluding hydrogens is 159 g/mol. The molecule has 4 N–H and O–H groups in total. The zero-order chi connectivity index (χ0) is 9.30. The second kappa shape index (κ2) is 2.81. The van der Waals surface area contributed by atoms with Crippen LogP contribution in [0.25, 0.3) is 0 Å². The normalized spacial score (nSPS) is 9.83. The highest BCUT2D eigenvalue weighted by Crippen LogP contribution is 2.19. The van der Waals surface area contributed by atoms with Gasteiger partial charge in [-0.15, -0.1) is 0 Å². The molecule has 0 heterocycles. The van der Waals surface area contributed by atoms with Crippen LogP contribution >= 0.6 is 0 Å². The van der Waals surface area contributed by atoms with Gasteiger partial charge < -0.3 is 11.5 Å². The van der Waals surface area contributed by atoms with E-state index in [0.717, 1.165) is 0 Å². The van der Waals surface area contributed by atoms with Gasteiger partial charge in [-0.25, -0.2) is 4.39 Å². The fraction of sp³-hybridized carbons (Fsp3) is 0.125. The number of halogens is 1. The van der Waals surface area contributed by atoms with Gasteiger partial charge in [-0.2, -0.15) is 0 Å². The summed E-state index contributed by atoms with van der Waals surface area (Å²) in [5.41, 5.74) is 10.8. The summed E-state index contributed by atoms with van der Waals surface area (Å²) in [6, 6.07) is 2.67. The van der Waals surface area contributed by atoms with Crippen molar-refractivity contribution in [2.45, 2.75) is 6.92 Å². The fourth-order valence-electron chi connectivity index (χ4n) is 1.03. The topological polar surface area (TPSA) is 69.1 Å². The van der Waals surface area contributed by atoms with E-state index in [9.17, 15) is 9.18 Å². The highest BCUT2D eigenvalue weighted by molar-refractivity contribution is 5.99. The molecular formula is C8H9FN2O. The number of carbonyl (C=O) groups is 1. The van der Waals surface area contributed by atoms with E-state index in [-0.39, 0.29) is 11.3 Å². The molecule has 0 aromatic heterocycles. The summed E-state index contributed by atoms with van der Waals surface area (Å²) >= 11 is 0. The lowest BCUT2D eigenvalue weighted by Gasteiger charge is -2.05. The first kappa shape index (κ1) is 8.52. The quantitative estimate of drug-likeness (QED) is 0.609. The molecule has 0 bridgehead atoms. The number of amides is 1. The van der Waals surface area contributed by atoms with Crippen LogP contribution in [0.3, 0.4) is 0 Å². The van der Waals surface area contributed by atoms with Gasteiger partial charge in [0.15, 0.2) is 0 Å². The number of anilines is 1. The van der Waals surface area contributed by atoms with Crippen molar-refractivity contribution in [3.8, 4) is 0 Å². The Morgan fingerprint density at radius 3 is 2.50 bits per heavy atom. The van der Waals surface area contributed by atoms with Crippen LogP contribution in [0, 0.1) is 12.7 Å². The van der Waals surface area contributed by atoms with Crippen molar-refractivity contribution in [3.63, 3.8) is 0 Å². The molecule has 1 aromatic carbocycles. The number of rotatable bonds is 1. The molecule has 0 aliphatic carbocycles. The summed E-state index contributed by atoms with van der Waals surface area (Å²) in [4.78, 5) is 10.8. The SMILES string of the molecule is Cc1ccc(F)c(N)c1C(N)=O. The van der Waals surface area contributed by atoms with Crippen molar-refractivity contribution < 1.29 is 9.18 Å². The van der Waals surface area contributed by atoms with Gasteiger partial charge >= 0.3 is 0 Å². The maximum Gasteiger partial charge on any atom is 0.251 e. The Labute approximate surface area is 69.2 Å². The Balaban J connectivity index is 3.43. The number of nitrogen functional groups attached to an aromatic ring is 1. The van der Waals surface area contributed by atoms with Crippen LogP contribution in [0.15, 0.2) is 12.1 Å².